The van der Waals surface area contributed by atoms with Gasteiger partial charge in [0.1, 0.15) is 0 Å². The van der Waals surface area contributed by atoms with Crippen LogP contribution in [0.15, 0.2) is 42.6 Å². The smallest absolute Gasteiger partial charge is 0.0703 e. The Balaban J connectivity index is 2.52. The number of hydrogen-bond donors (Lipinski definition) is 2. The molecule has 70 valence electrons. The van der Waals surface area contributed by atoms with Crippen molar-refractivity contribution in [3.8, 4) is 11.3 Å². The molecule has 0 saturated heterocycles. The van der Waals surface area contributed by atoms with E-state index >= 15 is 0 Å². The number of anilines is 2. The van der Waals surface area contributed by atoms with Crippen LogP contribution >= 0.6 is 0 Å². The highest BCUT2D eigenvalue weighted by molar-refractivity contribution is 5.69. The van der Waals surface area contributed by atoms with E-state index in [9.17, 15) is 0 Å². The molecule has 2 aromatic rings. The van der Waals surface area contributed by atoms with Crippen LogP contribution in [0.1, 0.15) is 0 Å². The maximum atomic E-state index is 5.69. The van der Waals surface area contributed by atoms with Crippen LogP contribution in [0.4, 0.5) is 11.4 Å². The van der Waals surface area contributed by atoms with Gasteiger partial charge in [0.05, 0.1) is 5.69 Å². The standard InChI is InChI=1S/C11H11N3/c12-9-5-8(6-10(13)7-9)11-3-1-2-4-14-11/h1-7H,12-13H2. The number of aromatic nitrogens is 1. The van der Waals surface area contributed by atoms with E-state index in [0.717, 1.165) is 11.3 Å². The van der Waals surface area contributed by atoms with E-state index in [0.29, 0.717) is 11.4 Å². The van der Waals surface area contributed by atoms with Crippen LogP contribution in [-0.4, -0.2) is 4.98 Å². The first-order valence-electron chi connectivity index (χ1n) is 4.33. The zero-order valence-corrected chi connectivity index (χ0v) is 7.64. The zero-order chi connectivity index (χ0) is 9.97. The fourth-order valence-electron chi connectivity index (χ4n) is 1.36. The molecule has 0 atom stereocenters. The third-order valence-electron chi connectivity index (χ3n) is 1.94. The summed E-state index contributed by atoms with van der Waals surface area (Å²) in [5.74, 6) is 0. The number of rotatable bonds is 1. The molecule has 4 N–H and O–H groups in total. The molecule has 2 rings (SSSR count). The summed E-state index contributed by atoms with van der Waals surface area (Å²) >= 11 is 0. The minimum absolute atomic E-state index is 0.658. The summed E-state index contributed by atoms with van der Waals surface area (Å²) < 4.78 is 0. The molecule has 0 aliphatic rings. The van der Waals surface area contributed by atoms with E-state index in [-0.39, 0.29) is 0 Å². The molecule has 1 aromatic heterocycles. The molecule has 1 aromatic carbocycles. The number of hydrogen-bond acceptors (Lipinski definition) is 3. The van der Waals surface area contributed by atoms with E-state index in [1.807, 2.05) is 30.3 Å². The third kappa shape index (κ3) is 1.66. The van der Waals surface area contributed by atoms with Crippen molar-refractivity contribution >= 4 is 11.4 Å². The molecule has 3 heteroatoms. The van der Waals surface area contributed by atoms with Crippen LogP contribution in [0.3, 0.4) is 0 Å². The van der Waals surface area contributed by atoms with Gasteiger partial charge >= 0.3 is 0 Å². The van der Waals surface area contributed by atoms with Gasteiger partial charge in [-0.2, -0.15) is 0 Å². The Bertz CT molecular complexity index is 417. The molecule has 0 radical (unpaired) electrons. The highest BCUT2D eigenvalue weighted by Gasteiger charge is 1.99. The van der Waals surface area contributed by atoms with Crippen LogP contribution < -0.4 is 11.5 Å². The van der Waals surface area contributed by atoms with Gasteiger partial charge in [-0.1, -0.05) is 6.07 Å². The Kier molecular flexibility index (Phi) is 2.07. The summed E-state index contributed by atoms with van der Waals surface area (Å²) in [5, 5.41) is 0. The molecule has 0 saturated carbocycles. The molecule has 3 nitrogen and oxygen atoms in total. The van der Waals surface area contributed by atoms with Crippen LogP contribution in [-0.2, 0) is 0 Å². The van der Waals surface area contributed by atoms with Crippen molar-refractivity contribution in [3.05, 3.63) is 42.6 Å². The quantitative estimate of drug-likeness (QED) is 0.667. The lowest BCUT2D eigenvalue weighted by atomic mass is 10.1. The number of benzene rings is 1. The minimum atomic E-state index is 0.658. The molecular formula is C11H11N3. The van der Waals surface area contributed by atoms with Gasteiger partial charge in [0.15, 0.2) is 0 Å². The number of nitrogen functional groups attached to an aromatic ring is 2. The average Bonchev–Trinajstić information content (AvgIpc) is 2.18. The van der Waals surface area contributed by atoms with E-state index in [2.05, 4.69) is 4.98 Å². The van der Waals surface area contributed by atoms with E-state index in [1.165, 1.54) is 0 Å². The minimum Gasteiger partial charge on any atom is -0.399 e. The molecular weight excluding hydrogens is 174 g/mol. The van der Waals surface area contributed by atoms with Gasteiger partial charge < -0.3 is 11.5 Å². The number of nitrogens with zero attached hydrogens (tertiary/aromatic N) is 1. The maximum Gasteiger partial charge on any atom is 0.0703 e. The first kappa shape index (κ1) is 8.56. The summed E-state index contributed by atoms with van der Waals surface area (Å²) in [6.07, 6.45) is 1.74. The van der Waals surface area contributed by atoms with Gasteiger partial charge in [-0.25, -0.2) is 0 Å². The van der Waals surface area contributed by atoms with E-state index in [1.54, 1.807) is 12.3 Å². The molecule has 0 unspecified atom stereocenters. The largest absolute Gasteiger partial charge is 0.399 e. The molecule has 1 heterocycles. The molecule has 0 fully saturated rings. The lowest BCUT2D eigenvalue weighted by molar-refractivity contribution is 1.33. The maximum absolute atomic E-state index is 5.69. The highest BCUT2D eigenvalue weighted by atomic mass is 14.7. The molecule has 0 bridgehead atoms. The van der Waals surface area contributed by atoms with Crippen molar-refractivity contribution in [2.75, 3.05) is 11.5 Å². The van der Waals surface area contributed by atoms with E-state index in [4.69, 9.17) is 11.5 Å². The van der Waals surface area contributed by atoms with Gasteiger partial charge in [0.2, 0.25) is 0 Å². The fraction of sp³-hybridized carbons (Fsp3) is 0. The summed E-state index contributed by atoms with van der Waals surface area (Å²) in [6.45, 7) is 0. The molecule has 0 spiro atoms. The second kappa shape index (κ2) is 3.38. The predicted molar refractivity (Wildman–Crippen MR) is 58.5 cm³/mol. The van der Waals surface area contributed by atoms with Crippen LogP contribution in [0.5, 0.6) is 0 Å². The SMILES string of the molecule is Nc1cc(N)cc(-c2ccccn2)c1. The van der Waals surface area contributed by atoms with Crippen LogP contribution in [0.2, 0.25) is 0 Å². The second-order valence-electron chi connectivity index (χ2n) is 3.10. The summed E-state index contributed by atoms with van der Waals surface area (Å²) in [5.41, 5.74) is 14.5. The van der Waals surface area contributed by atoms with Crippen molar-refractivity contribution in [2.45, 2.75) is 0 Å². The zero-order valence-electron chi connectivity index (χ0n) is 7.64. The van der Waals surface area contributed by atoms with Crippen LogP contribution in [0, 0.1) is 0 Å². The van der Waals surface area contributed by atoms with Gasteiger partial charge in [-0.05, 0) is 30.3 Å². The van der Waals surface area contributed by atoms with Crippen molar-refractivity contribution in [3.63, 3.8) is 0 Å². The predicted octanol–water partition coefficient (Wildman–Crippen LogP) is 1.91. The topological polar surface area (TPSA) is 64.9 Å². The third-order valence-corrected chi connectivity index (χ3v) is 1.94. The fourth-order valence-corrected chi connectivity index (χ4v) is 1.36. The molecule has 0 aliphatic carbocycles. The number of pyridine rings is 1. The van der Waals surface area contributed by atoms with Gasteiger partial charge in [-0.3, -0.25) is 4.98 Å². The normalized spacial score (nSPS) is 10.0. The first-order chi connectivity index (χ1) is 6.75. The average molecular weight is 185 g/mol. The Hall–Kier alpha value is -2.03. The Morgan fingerprint density at radius 3 is 2.21 bits per heavy atom. The van der Waals surface area contributed by atoms with Crippen molar-refractivity contribution < 1.29 is 0 Å². The Morgan fingerprint density at radius 2 is 1.64 bits per heavy atom. The number of nitrogens with two attached hydrogens (primary N) is 2. The first-order valence-corrected chi connectivity index (χ1v) is 4.33. The van der Waals surface area contributed by atoms with E-state index < -0.39 is 0 Å². The summed E-state index contributed by atoms with van der Waals surface area (Å²) in [6, 6.07) is 11.2. The molecule has 0 amide bonds. The van der Waals surface area contributed by atoms with Crippen molar-refractivity contribution in [1.29, 1.82) is 0 Å². The monoisotopic (exact) mass is 185 g/mol. The highest BCUT2D eigenvalue weighted by Crippen LogP contribution is 2.22. The summed E-state index contributed by atoms with van der Waals surface area (Å²) in [7, 11) is 0. The lowest BCUT2D eigenvalue weighted by Crippen LogP contribution is -1.92. The lowest BCUT2D eigenvalue weighted by Gasteiger charge is -2.03. The Labute approximate surface area is 82.4 Å². The van der Waals surface area contributed by atoms with Crippen molar-refractivity contribution in [2.24, 2.45) is 0 Å². The van der Waals surface area contributed by atoms with Gasteiger partial charge in [-0.15, -0.1) is 0 Å². The second-order valence-corrected chi connectivity index (χ2v) is 3.10. The van der Waals surface area contributed by atoms with Crippen LogP contribution in [0.25, 0.3) is 11.3 Å². The molecule has 14 heavy (non-hydrogen) atoms. The Morgan fingerprint density at radius 1 is 0.929 bits per heavy atom. The van der Waals surface area contributed by atoms with Crippen molar-refractivity contribution in [1.82, 2.24) is 4.98 Å². The molecule has 0 aliphatic heterocycles. The van der Waals surface area contributed by atoms with Gasteiger partial charge in [0, 0.05) is 23.1 Å². The summed E-state index contributed by atoms with van der Waals surface area (Å²) in [4.78, 5) is 4.22. The van der Waals surface area contributed by atoms with Gasteiger partial charge in [0.25, 0.3) is 0 Å².